The van der Waals surface area contributed by atoms with Gasteiger partial charge in [-0.3, -0.25) is 0 Å². The molecule has 0 N–H and O–H groups in total. The van der Waals surface area contributed by atoms with E-state index in [2.05, 4.69) is 73.3 Å². The summed E-state index contributed by atoms with van der Waals surface area (Å²) < 4.78 is 5.19. The molecule has 0 aliphatic carbocycles. The zero-order valence-electron chi connectivity index (χ0n) is 11.9. The summed E-state index contributed by atoms with van der Waals surface area (Å²) in [7, 11) is 0. The van der Waals surface area contributed by atoms with Crippen molar-refractivity contribution >= 4 is 58.4 Å². The van der Waals surface area contributed by atoms with E-state index in [0.717, 1.165) is 0 Å². The molecule has 4 heteroatoms. The first-order valence-electron chi connectivity index (χ1n) is 6.69. The molecule has 3 rings (SSSR count). The first-order valence-corrected chi connectivity index (χ1v) is 13.5. The normalized spacial score (nSPS) is 12.8. The van der Waals surface area contributed by atoms with Gasteiger partial charge in [-0.1, -0.05) is 0 Å². The van der Waals surface area contributed by atoms with Crippen LogP contribution in [0.15, 0.2) is 52.5 Å². The van der Waals surface area contributed by atoms with Gasteiger partial charge >= 0.3 is 136 Å². The fourth-order valence-corrected chi connectivity index (χ4v) is 27.1. The summed E-state index contributed by atoms with van der Waals surface area (Å²) in [5.74, 6) is 0. The second-order valence-corrected chi connectivity index (χ2v) is 20.7. The van der Waals surface area contributed by atoms with Crippen molar-refractivity contribution in [1.82, 2.24) is 0 Å². The van der Waals surface area contributed by atoms with Crippen molar-refractivity contribution in [1.29, 1.82) is 0 Å². The van der Waals surface area contributed by atoms with E-state index in [1.54, 1.807) is 11.1 Å². The van der Waals surface area contributed by atoms with Gasteiger partial charge in [-0.2, -0.15) is 0 Å². The van der Waals surface area contributed by atoms with Crippen LogP contribution in [0.25, 0.3) is 0 Å². The Hall–Kier alpha value is -0.357. The molecule has 0 saturated heterocycles. The molecule has 0 aliphatic heterocycles. The molecule has 0 aromatic carbocycles. The Kier molecular flexibility index (Phi) is 3.97. The van der Waals surface area contributed by atoms with Gasteiger partial charge in [-0.25, -0.2) is 0 Å². The first kappa shape index (κ1) is 14.6. The van der Waals surface area contributed by atoms with Crippen LogP contribution >= 0.6 is 34.0 Å². The molecule has 0 aliphatic rings. The fraction of sp³-hybridized carbons (Fsp3) is 0.250. The van der Waals surface area contributed by atoms with Crippen molar-refractivity contribution in [3.63, 3.8) is 0 Å². The molecule has 20 heavy (non-hydrogen) atoms. The molecule has 0 amide bonds. The molecule has 3 heterocycles. The molecule has 0 spiro atoms. The molecular formula is C16H18GeS3. The summed E-state index contributed by atoms with van der Waals surface area (Å²) >= 11 is 3.28. The summed E-state index contributed by atoms with van der Waals surface area (Å²) in [6.07, 6.45) is 0. The van der Waals surface area contributed by atoms with Gasteiger partial charge in [0.25, 0.3) is 0 Å². The third-order valence-electron chi connectivity index (χ3n) is 3.80. The zero-order chi connectivity index (χ0) is 14.2. The molecule has 0 bridgehead atoms. The van der Waals surface area contributed by atoms with Crippen LogP contribution in [0.5, 0.6) is 0 Å². The molecule has 0 fully saturated rings. The van der Waals surface area contributed by atoms with Crippen LogP contribution in [-0.2, 0) is 0 Å². The second-order valence-electron chi connectivity index (χ2n) is 5.93. The Morgan fingerprint density at radius 3 is 1.25 bits per heavy atom. The van der Waals surface area contributed by atoms with Crippen molar-refractivity contribution in [2.75, 3.05) is 0 Å². The summed E-state index contributed by atoms with van der Waals surface area (Å²) in [4.78, 5) is 0. The fourth-order valence-electron chi connectivity index (χ4n) is 2.95. The average Bonchev–Trinajstić information content (AvgIpc) is 3.13. The predicted octanol–water partition coefficient (Wildman–Crippen LogP) is 4.14. The van der Waals surface area contributed by atoms with E-state index in [-0.39, 0.29) is 0 Å². The molecule has 104 valence electrons. The molecule has 3 aromatic heterocycles. The van der Waals surface area contributed by atoms with Crippen LogP contribution < -0.4 is 11.1 Å². The maximum atomic E-state index is 2.44. The molecule has 3 aromatic rings. The van der Waals surface area contributed by atoms with Gasteiger partial charge in [0.1, 0.15) is 0 Å². The predicted molar refractivity (Wildman–Crippen MR) is 97.3 cm³/mol. The third-order valence-corrected chi connectivity index (χ3v) is 23.3. The van der Waals surface area contributed by atoms with E-state index < -0.39 is 13.3 Å². The summed E-state index contributed by atoms with van der Waals surface area (Å²) in [5, 5.41) is 6.72. The van der Waals surface area contributed by atoms with E-state index in [0.29, 0.717) is 4.25 Å². The molecule has 0 saturated carbocycles. The summed E-state index contributed by atoms with van der Waals surface area (Å²) in [6.45, 7) is 7.31. The zero-order valence-corrected chi connectivity index (χ0v) is 16.5. The van der Waals surface area contributed by atoms with Gasteiger partial charge in [0, 0.05) is 0 Å². The van der Waals surface area contributed by atoms with E-state index in [1.165, 1.54) is 0 Å². The Bertz CT molecular complexity index is 559. The molecule has 0 nitrogen and oxygen atoms in total. The third kappa shape index (κ3) is 2.15. The Labute approximate surface area is 135 Å². The molecule has 0 radical (unpaired) electrons. The summed E-state index contributed by atoms with van der Waals surface area (Å²) in [6, 6.07) is 13.8. The van der Waals surface area contributed by atoms with Crippen molar-refractivity contribution in [3.05, 3.63) is 52.5 Å². The Morgan fingerprint density at radius 2 is 1.05 bits per heavy atom. The number of hydrogen-bond acceptors (Lipinski definition) is 3. The van der Waals surface area contributed by atoms with Gasteiger partial charge in [0.05, 0.1) is 0 Å². The van der Waals surface area contributed by atoms with Gasteiger partial charge in [0.2, 0.25) is 0 Å². The molecule has 0 unspecified atom stereocenters. The SMILES string of the molecule is C[C](C)(C)[Ge]([c]1cccs1)([c]1cccs1)[c]1cccs1. The van der Waals surface area contributed by atoms with Crippen molar-refractivity contribution in [2.45, 2.75) is 25.0 Å². The monoisotopic (exact) mass is 380 g/mol. The Morgan fingerprint density at radius 1 is 0.700 bits per heavy atom. The van der Waals surface area contributed by atoms with Crippen molar-refractivity contribution in [2.24, 2.45) is 0 Å². The second kappa shape index (κ2) is 5.45. The number of thiophene rings is 3. The summed E-state index contributed by atoms with van der Waals surface area (Å²) in [5.41, 5.74) is 0. The topological polar surface area (TPSA) is 0 Å². The van der Waals surface area contributed by atoms with Crippen molar-refractivity contribution < 1.29 is 0 Å². The van der Waals surface area contributed by atoms with E-state index in [4.69, 9.17) is 0 Å². The number of rotatable bonds is 3. The van der Waals surface area contributed by atoms with Crippen LogP contribution in [0.3, 0.4) is 0 Å². The van der Waals surface area contributed by atoms with E-state index >= 15 is 0 Å². The molecular weight excluding hydrogens is 361 g/mol. The molecule has 0 atom stereocenters. The van der Waals surface area contributed by atoms with Gasteiger partial charge in [-0.15, -0.1) is 0 Å². The van der Waals surface area contributed by atoms with Gasteiger partial charge in [-0.05, 0) is 0 Å². The standard InChI is InChI=1S/C16H18GeS3/c1-16(2,3)17(13-7-4-10-18-13,14-8-5-11-19-14)15-9-6-12-20-15/h4-12H,1-3H3. The van der Waals surface area contributed by atoms with Crippen molar-refractivity contribution in [3.8, 4) is 0 Å². The average molecular weight is 379 g/mol. The minimum absolute atomic E-state index is 0.306. The number of hydrogen-bond donors (Lipinski definition) is 0. The van der Waals surface area contributed by atoms with Crippen LogP contribution in [-0.4, -0.2) is 13.3 Å². The first-order chi connectivity index (χ1) is 9.57. The van der Waals surface area contributed by atoms with E-state index in [9.17, 15) is 0 Å². The van der Waals surface area contributed by atoms with Gasteiger partial charge < -0.3 is 0 Å². The Balaban J connectivity index is 2.37. The minimum atomic E-state index is -2.57. The quantitative estimate of drug-likeness (QED) is 0.601. The van der Waals surface area contributed by atoms with Crippen LogP contribution in [0, 0.1) is 0 Å². The maximum absolute atomic E-state index is 2.57. The van der Waals surface area contributed by atoms with Crippen LogP contribution in [0.4, 0.5) is 0 Å². The van der Waals surface area contributed by atoms with Crippen LogP contribution in [0.1, 0.15) is 20.8 Å². The van der Waals surface area contributed by atoms with E-state index in [1.807, 2.05) is 34.0 Å². The van der Waals surface area contributed by atoms with Gasteiger partial charge in [0.15, 0.2) is 0 Å². The van der Waals surface area contributed by atoms with Crippen LogP contribution in [0.2, 0.25) is 4.25 Å².